The van der Waals surface area contributed by atoms with Gasteiger partial charge in [-0.1, -0.05) is 15.9 Å². The fourth-order valence-corrected chi connectivity index (χ4v) is 2.78. The second-order valence-electron chi connectivity index (χ2n) is 3.80. The maximum atomic E-state index is 13.0. The van der Waals surface area contributed by atoms with E-state index < -0.39 is 15.8 Å². The van der Waals surface area contributed by atoms with Gasteiger partial charge in [0, 0.05) is 10.2 Å². The summed E-state index contributed by atoms with van der Waals surface area (Å²) in [6.45, 7) is 0. The fourth-order valence-electron chi connectivity index (χ4n) is 1.42. The van der Waals surface area contributed by atoms with Gasteiger partial charge in [-0.2, -0.15) is 0 Å². The maximum Gasteiger partial charge on any atom is 0.261 e. The molecule has 0 fully saturated rings. The van der Waals surface area contributed by atoms with E-state index in [0.29, 0.717) is 5.69 Å². The van der Waals surface area contributed by atoms with Gasteiger partial charge in [0.1, 0.15) is 5.82 Å². The Morgan fingerprint density at radius 1 is 1.11 bits per heavy atom. The summed E-state index contributed by atoms with van der Waals surface area (Å²) in [6.07, 6.45) is 0. The number of nitrogen functional groups attached to an aromatic ring is 1. The van der Waals surface area contributed by atoms with Crippen molar-refractivity contribution in [2.75, 3.05) is 10.5 Å². The molecular weight excluding hydrogens is 335 g/mol. The van der Waals surface area contributed by atoms with Crippen LogP contribution in [0.3, 0.4) is 0 Å². The molecule has 0 unspecified atom stereocenters. The molecule has 0 amide bonds. The molecule has 0 aliphatic rings. The van der Waals surface area contributed by atoms with E-state index in [1.165, 1.54) is 0 Å². The topological polar surface area (TPSA) is 72.2 Å². The number of nitrogens with one attached hydrogen (secondary N) is 1. The largest absolute Gasteiger partial charge is 0.396 e. The van der Waals surface area contributed by atoms with Gasteiger partial charge in [0.15, 0.2) is 0 Å². The van der Waals surface area contributed by atoms with E-state index in [2.05, 4.69) is 20.7 Å². The van der Waals surface area contributed by atoms with E-state index >= 15 is 0 Å². The lowest BCUT2D eigenvalue weighted by Crippen LogP contribution is -2.13. The van der Waals surface area contributed by atoms with Crippen LogP contribution < -0.4 is 10.5 Å². The lowest BCUT2D eigenvalue weighted by molar-refractivity contribution is 0.600. The molecule has 0 aromatic heterocycles. The number of hydrogen-bond acceptors (Lipinski definition) is 3. The number of benzene rings is 2. The summed E-state index contributed by atoms with van der Waals surface area (Å²) in [5.41, 5.74) is 5.56. The summed E-state index contributed by atoms with van der Waals surface area (Å²) in [7, 11) is -3.78. The lowest BCUT2D eigenvalue weighted by atomic mass is 10.3. The minimum Gasteiger partial charge on any atom is -0.396 e. The van der Waals surface area contributed by atoms with Crippen molar-refractivity contribution in [3.63, 3.8) is 0 Å². The van der Waals surface area contributed by atoms with E-state index in [-0.39, 0.29) is 10.6 Å². The van der Waals surface area contributed by atoms with E-state index in [0.717, 1.165) is 22.7 Å². The molecule has 4 nitrogen and oxygen atoms in total. The van der Waals surface area contributed by atoms with Crippen LogP contribution in [-0.2, 0) is 10.0 Å². The normalized spacial score (nSPS) is 11.3. The second kappa shape index (κ2) is 5.18. The number of nitrogens with two attached hydrogens (primary N) is 1. The Bertz CT molecular complexity index is 702. The molecule has 0 spiro atoms. The highest BCUT2D eigenvalue weighted by atomic mass is 79.9. The van der Waals surface area contributed by atoms with Crippen LogP contribution >= 0.6 is 15.9 Å². The first kappa shape index (κ1) is 13.8. The van der Waals surface area contributed by atoms with Gasteiger partial charge >= 0.3 is 0 Å². The van der Waals surface area contributed by atoms with Crippen LogP contribution in [0.25, 0.3) is 0 Å². The third kappa shape index (κ3) is 3.24. The molecule has 3 N–H and O–H groups in total. The van der Waals surface area contributed by atoms with Gasteiger partial charge in [0.05, 0.1) is 10.6 Å². The zero-order valence-electron chi connectivity index (χ0n) is 9.60. The quantitative estimate of drug-likeness (QED) is 0.840. The van der Waals surface area contributed by atoms with Crippen LogP contribution in [0.5, 0.6) is 0 Å². The van der Waals surface area contributed by atoms with Gasteiger partial charge in [-0.25, -0.2) is 12.8 Å². The van der Waals surface area contributed by atoms with Gasteiger partial charge in [0.25, 0.3) is 10.0 Å². The van der Waals surface area contributed by atoms with Crippen molar-refractivity contribution >= 4 is 37.3 Å². The van der Waals surface area contributed by atoms with Gasteiger partial charge in [-0.15, -0.1) is 0 Å². The summed E-state index contributed by atoms with van der Waals surface area (Å²) in [4.78, 5) is -0.0886. The minimum absolute atomic E-state index is 0.0886. The zero-order chi connectivity index (χ0) is 14.0. The van der Waals surface area contributed by atoms with Crippen molar-refractivity contribution < 1.29 is 12.8 Å². The highest BCUT2D eigenvalue weighted by Gasteiger charge is 2.15. The number of rotatable bonds is 3. The maximum absolute atomic E-state index is 13.0. The molecule has 2 aromatic rings. The Morgan fingerprint density at radius 3 is 2.32 bits per heavy atom. The molecule has 0 atom stereocenters. The summed E-state index contributed by atoms with van der Waals surface area (Å²) >= 11 is 3.25. The molecule has 0 aliphatic heterocycles. The van der Waals surface area contributed by atoms with Crippen LogP contribution in [0.15, 0.2) is 51.8 Å². The molecule has 7 heteroatoms. The third-order valence-electron chi connectivity index (χ3n) is 2.37. The molecule has 2 rings (SSSR count). The molecule has 100 valence electrons. The van der Waals surface area contributed by atoms with Crippen molar-refractivity contribution in [2.45, 2.75) is 4.90 Å². The number of anilines is 2. The predicted octanol–water partition coefficient (Wildman–Crippen LogP) is 2.97. The van der Waals surface area contributed by atoms with Crippen LogP contribution in [0.4, 0.5) is 15.8 Å². The Balaban J connectivity index is 2.32. The summed E-state index contributed by atoms with van der Waals surface area (Å²) < 4.78 is 40.3. The molecule has 2 aromatic carbocycles. The van der Waals surface area contributed by atoms with Crippen molar-refractivity contribution in [2.24, 2.45) is 0 Å². The van der Waals surface area contributed by atoms with Crippen LogP contribution in [0.1, 0.15) is 0 Å². The second-order valence-corrected chi connectivity index (χ2v) is 6.39. The van der Waals surface area contributed by atoms with Crippen molar-refractivity contribution in [1.29, 1.82) is 0 Å². The molecule has 0 bridgehead atoms. The Kier molecular flexibility index (Phi) is 3.77. The van der Waals surface area contributed by atoms with E-state index in [9.17, 15) is 12.8 Å². The monoisotopic (exact) mass is 344 g/mol. The van der Waals surface area contributed by atoms with Gasteiger partial charge in [0.2, 0.25) is 0 Å². The highest BCUT2D eigenvalue weighted by Crippen LogP contribution is 2.21. The first-order chi connectivity index (χ1) is 8.88. The Morgan fingerprint density at radius 2 is 1.74 bits per heavy atom. The van der Waals surface area contributed by atoms with E-state index in [4.69, 9.17) is 5.73 Å². The van der Waals surface area contributed by atoms with Crippen LogP contribution in [0.2, 0.25) is 0 Å². The minimum atomic E-state index is -3.78. The summed E-state index contributed by atoms with van der Waals surface area (Å²) in [5, 5.41) is 0. The lowest BCUT2D eigenvalue weighted by Gasteiger charge is -2.09. The number of sulfonamides is 1. The average molecular weight is 345 g/mol. The molecular formula is C12H10BrFN2O2S. The van der Waals surface area contributed by atoms with Gasteiger partial charge in [-0.3, -0.25) is 4.72 Å². The van der Waals surface area contributed by atoms with Crippen LogP contribution in [0, 0.1) is 5.82 Å². The Labute approximate surface area is 118 Å². The molecule has 19 heavy (non-hydrogen) atoms. The van der Waals surface area contributed by atoms with Crippen LogP contribution in [-0.4, -0.2) is 8.42 Å². The van der Waals surface area contributed by atoms with Crippen molar-refractivity contribution in [3.05, 3.63) is 52.8 Å². The standard InChI is InChI=1S/C12H10BrFN2O2S/c13-8-1-3-9(4-2-8)16-19(17,18)10-5-6-11(14)12(15)7-10/h1-7,16H,15H2. The number of hydrogen-bond donors (Lipinski definition) is 2. The first-order valence-electron chi connectivity index (χ1n) is 5.22. The average Bonchev–Trinajstić information content (AvgIpc) is 2.35. The molecule has 0 aliphatic carbocycles. The molecule has 0 heterocycles. The van der Waals surface area contributed by atoms with Crippen molar-refractivity contribution in [1.82, 2.24) is 0 Å². The van der Waals surface area contributed by atoms with Crippen molar-refractivity contribution in [3.8, 4) is 0 Å². The van der Waals surface area contributed by atoms with Gasteiger partial charge in [-0.05, 0) is 42.5 Å². The zero-order valence-corrected chi connectivity index (χ0v) is 12.0. The fraction of sp³-hybridized carbons (Fsp3) is 0. The smallest absolute Gasteiger partial charge is 0.261 e. The molecule has 0 saturated heterocycles. The predicted molar refractivity (Wildman–Crippen MR) is 75.8 cm³/mol. The summed E-state index contributed by atoms with van der Waals surface area (Å²) in [6, 6.07) is 9.88. The van der Waals surface area contributed by atoms with E-state index in [1.54, 1.807) is 24.3 Å². The first-order valence-corrected chi connectivity index (χ1v) is 7.49. The molecule has 0 saturated carbocycles. The summed E-state index contributed by atoms with van der Waals surface area (Å²) in [5.74, 6) is -0.650. The Hall–Kier alpha value is -1.60. The van der Waals surface area contributed by atoms with Gasteiger partial charge < -0.3 is 5.73 Å². The molecule has 0 radical (unpaired) electrons. The third-order valence-corrected chi connectivity index (χ3v) is 4.28. The number of halogens is 2. The SMILES string of the molecule is Nc1cc(S(=O)(=O)Nc2ccc(Br)cc2)ccc1F. The highest BCUT2D eigenvalue weighted by molar-refractivity contribution is 9.10. The van der Waals surface area contributed by atoms with E-state index in [1.807, 2.05) is 0 Å².